The molecule has 19 heavy (non-hydrogen) atoms. The van der Waals surface area contributed by atoms with Gasteiger partial charge in [0.25, 0.3) is 0 Å². The minimum absolute atomic E-state index is 0.168. The van der Waals surface area contributed by atoms with Gasteiger partial charge >= 0.3 is 0 Å². The Bertz CT molecular complexity index is 427. The number of nitrogens with two attached hydrogens (primary N) is 1. The zero-order valence-corrected chi connectivity index (χ0v) is 13.0. The van der Waals surface area contributed by atoms with Crippen LogP contribution in [0.1, 0.15) is 51.3 Å². The summed E-state index contributed by atoms with van der Waals surface area (Å²) in [7, 11) is 2.06. The van der Waals surface area contributed by atoms with Crippen LogP contribution in [-0.4, -0.2) is 13.1 Å². The summed E-state index contributed by atoms with van der Waals surface area (Å²) in [6.45, 7) is 10.3. The minimum Gasteiger partial charge on any atom is -0.372 e. The van der Waals surface area contributed by atoms with Crippen LogP contribution < -0.4 is 10.6 Å². The molecule has 0 saturated heterocycles. The first-order valence-electron chi connectivity index (χ1n) is 7.02. The van der Waals surface area contributed by atoms with Crippen LogP contribution in [0.25, 0.3) is 0 Å². The summed E-state index contributed by atoms with van der Waals surface area (Å²) in [6.07, 6.45) is 1.10. The van der Waals surface area contributed by atoms with E-state index in [0.717, 1.165) is 17.7 Å². The van der Waals surface area contributed by atoms with E-state index >= 15 is 0 Å². The molecule has 0 amide bonds. The highest BCUT2D eigenvalue weighted by Gasteiger charge is 2.18. The number of rotatable bonds is 5. The lowest BCUT2D eigenvalue weighted by atomic mass is 9.99. The Morgan fingerprint density at radius 1 is 1.21 bits per heavy atom. The summed E-state index contributed by atoms with van der Waals surface area (Å²) in [5.41, 5.74) is 8.57. The van der Waals surface area contributed by atoms with E-state index in [2.05, 4.69) is 32.7 Å². The predicted octanol–water partition coefficient (Wildman–Crippen LogP) is 4.02. The van der Waals surface area contributed by atoms with Gasteiger partial charge in [0.1, 0.15) is 5.82 Å². The molecule has 2 N–H and O–H groups in total. The first kappa shape index (κ1) is 16.0. The van der Waals surface area contributed by atoms with Gasteiger partial charge in [0.05, 0.1) is 0 Å². The summed E-state index contributed by atoms with van der Waals surface area (Å²) in [5, 5.41) is 0. The molecule has 1 aromatic carbocycles. The van der Waals surface area contributed by atoms with Crippen LogP contribution >= 0.6 is 0 Å². The topological polar surface area (TPSA) is 29.3 Å². The molecule has 2 nitrogen and oxygen atoms in total. The van der Waals surface area contributed by atoms with E-state index < -0.39 is 0 Å². The normalized spacial score (nSPS) is 14.6. The van der Waals surface area contributed by atoms with Gasteiger partial charge in [0.15, 0.2) is 0 Å². The Balaban J connectivity index is 3.13. The first-order valence-corrected chi connectivity index (χ1v) is 7.02. The van der Waals surface area contributed by atoms with Crippen LogP contribution in [0.2, 0.25) is 0 Å². The highest BCUT2D eigenvalue weighted by molar-refractivity contribution is 5.57. The lowest BCUT2D eigenvalue weighted by Crippen LogP contribution is -2.31. The number of aryl methyl sites for hydroxylation is 1. The largest absolute Gasteiger partial charge is 0.372 e. The van der Waals surface area contributed by atoms with Crippen LogP contribution in [0.4, 0.5) is 10.1 Å². The molecule has 0 saturated carbocycles. The van der Waals surface area contributed by atoms with Crippen molar-refractivity contribution in [3.8, 4) is 0 Å². The smallest absolute Gasteiger partial charge is 0.126 e. The van der Waals surface area contributed by atoms with Crippen LogP contribution in [-0.2, 0) is 0 Å². The maximum absolute atomic E-state index is 13.7. The molecule has 0 bridgehead atoms. The van der Waals surface area contributed by atoms with Crippen molar-refractivity contribution < 1.29 is 4.39 Å². The average molecular weight is 266 g/mol. The fourth-order valence-electron chi connectivity index (χ4n) is 2.43. The highest BCUT2D eigenvalue weighted by Crippen LogP contribution is 2.29. The van der Waals surface area contributed by atoms with Gasteiger partial charge in [-0.1, -0.05) is 13.8 Å². The van der Waals surface area contributed by atoms with Gasteiger partial charge in [-0.05, 0) is 56.4 Å². The van der Waals surface area contributed by atoms with Gasteiger partial charge in [-0.2, -0.15) is 0 Å². The van der Waals surface area contributed by atoms with Crippen molar-refractivity contribution in [3.63, 3.8) is 0 Å². The fraction of sp³-hybridized carbons (Fsp3) is 0.625. The summed E-state index contributed by atoms with van der Waals surface area (Å²) in [4.78, 5) is 2.21. The molecule has 0 radical (unpaired) electrons. The van der Waals surface area contributed by atoms with Crippen LogP contribution in [0, 0.1) is 18.7 Å². The Kier molecular flexibility index (Phi) is 5.36. The van der Waals surface area contributed by atoms with Gasteiger partial charge in [0, 0.05) is 24.8 Å². The molecule has 2 atom stereocenters. The van der Waals surface area contributed by atoms with Crippen LogP contribution in [0.3, 0.4) is 0 Å². The SMILES string of the molecule is Cc1cc(N(C)C(C)CC(C)C)c([C@@H](C)N)cc1F. The molecule has 0 aliphatic carbocycles. The molecule has 0 aliphatic rings. The zero-order chi connectivity index (χ0) is 14.7. The second-order valence-corrected chi connectivity index (χ2v) is 6.04. The van der Waals surface area contributed by atoms with Crippen molar-refractivity contribution in [2.45, 2.75) is 53.1 Å². The van der Waals surface area contributed by atoms with Gasteiger partial charge in [-0.25, -0.2) is 4.39 Å². The Hall–Kier alpha value is -1.09. The van der Waals surface area contributed by atoms with Crippen molar-refractivity contribution >= 4 is 5.69 Å². The standard InChI is InChI=1S/C16H27FN2/c1-10(2)7-12(4)19(6)16-8-11(3)15(17)9-14(16)13(5)18/h8-10,12-13H,7,18H2,1-6H3/t12?,13-/m1/s1. The third kappa shape index (κ3) is 3.93. The zero-order valence-electron chi connectivity index (χ0n) is 13.0. The highest BCUT2D eigenvalue weighted by atomic mass is 19.1. The number of hydrogen-bond donors (Lipinski definition) is 1. The Morgan fingerprint density at radius 2 is 1.79 bits per heavy atom. The number of benzene rings is 1. The molecule has 0 spiro atoms. The van der Waals surface area contributed by atoms with Gasteiger partial charge < -0.3 is 10.6 Å². The maximum atomic E-state index is 13.7. The number of halogens is 1. The quantitative estimate of drug-likeness (QED) is 0.872. The van der Waals surface area contributed by atoms with Crippen LogP contribution in [0.15, 0.2) is 12.1 Å². The minimum atomic E-state index is -0.180. The van der Waals surface area contributed by atoms with E-state index in [1.54, 1.807) is 13.0 Å². The van der Waals surface area contributed by atoms with Crippen LogP contribution in [0.5, 0.6) is 0 Å². The first-order chi connectivity index (χ1) is 8.73. The van der Waals surface area contributed by atoms with Gasteiger partial charge in [0.2, 0.25) is 0 Å². The molecule has 0 aromatic heterocycles. The van der Waals surface area contributed by atoms with Crippen molar-refractivity contribution in [2.75, 3.05) is 11.9 Å². The summed E-state index contributed by atoms with van der Waals surface area (Å²) >= 11 is 0. The number of anilines is 1. The molecule has 1 aromatic rings. The van der Waals surface area contributed by atoms with Crippen molar-refractivity contribution in [1.82, 2.24) is 0 Å². The molecule has 0 fully saturated rings. The second kappa shape index (κ2) is 6.38. The van der Waals surface area contributed by atoms with Gasteiger partial charge in [-0.15, -0.1) is 0 Å². The monoisotopic (exact) mass is 266 g/mol. The second-order valence-electron chi connectivity index (χ2n) is 6.04. The van der Waals surface area contributed by atoms with E-state index in [9.17, 15) is 4.39 Å². The van der Waals surface area contributed by atoms with Crippen molar-refractivity contribution in [2.24, 2.45) is 11.7 Å². The summed E-state index contributed by atoms with van der Waals surface area (Å²) in [6, 6.07) is 3.72. The third-order valence-electron chi connectivity index (χ3n) is 3.65. The molecular formula is C16H27FN2. The molecule has 3 heteroatoms. The van der Waals surface area contributed by atoms with Gasteiger partial charge in [-0.3, -0.25) is 0 Å². The molecule has 1 unspecified atom stereocenters. The average Bonchev–Trinajstić information content (AvgIpc) is 2.29. The van der Waals surface area contributed by atoms with E-state index in [4.69, 9.17) is 5.73 Å². The maximum Gasteiger partial charge on any atom is 0.126 e. The molecular weight excluding hydrogens is 239 g/mol. The van der Waals surface area contributed by atoms with E-state index in [1.807, 2.05) is 13.0 Å². The fourth-order valence-corrected chi connectivity index (χ4v) is 2.43. The van der Waals surface area contributed by atoms with E-state index in [0.29, 0.717) is 17.5 Å². The lowest BCUT2D eigenvalue weighted by molar-refractivity contribution is 0.502. The molecule has 0 aliphatic heterocycles. The van der Waals surface area contributed by atoms with Crippen molar-refractivity contribution in [3.05, 3.63) is 29.1 Å². The number of nitrogens with zero attached hydrogens (tertiary/aromatic N) is 1. The van der Waals surface area contributed by atoms with E-state index in [1.165, 1.54) is 0 Å². The number of hydrogen-bond acceptors (Lipinski definition) is 2. The van der Waals surface area contributed by atoms with E-state index in [-0.39, 0.29) is 11.9 Å². The third-order valence-corrected chi connectivity index (χ3v) is 3.65. The lowest BCUT2D eigenvalue weighted by Gasteiger charge is -2.31. The Labute approximate surface area is 116 Å². The summed E-state index contributed by atoms with van der Waals surface area (Å²) < 4.78 is 13.7. The predicted molar refractivity (Wildman–Crippen MR) is 81.1 cm³/mol. The molecule has 0 heterocycles. The van der Waals surface area contributed by atoms with Crippen molar-refractivity contribution in [1.29, 1.82) is 0 Å². The Morgan fingerprint density at radius 3 is 2.26 bits per heavy atom. The summed E-state index contributed by atoms with van der Waals surface area (Å²) in [5.74, 6) is 0.457. The molecule has 108 valence electrons. The molecule has 1 rings (SSSR count).